The van der Waals surface area contributed by atoms with E-state index >= 15 is 0 Å². The van der Waals surface area contributed by atoms with Gasteiger partial charge in [0.05, 0.1) is 0 Å². The number of fused-ring (bicyclic) bond motifs is 1. The van der Waals surface area contributed by atoms with Gasteiger partial charge in [-0.15, -0.1) is 0 Å². The van der Waals surface area contributed by atoms with Gasteiger partial charge in [0.25, 0.3) is 17.7 Å². The Morgan fingerprint density at radius 1 is 1.20 bits per heavy atom. The Labute approximate surface area is 144 Å². The van der Waals surface area contributed by atoms with Crippen molar-refractivity contribution in [3.8, 4) is 5.75 Å². The van der Waals surface area contributed by atoms with Crippen LogP contribution in [0, 0.1) is 0 Å². The van der Waals surface area contributed by atoms with E-state index in [9.17, 15) is 19.2 Å². The van der Waals surface area contributed by atoms with Crippen molar-refractivity contribution in [1.29, 1.82) is 0 Å². The molecule has 0 bridgehead atoms. The number of rotatable bonds is 5. The maximum Gasteiger partial charge on any atom is 0.276 e. The number of benzene rings is 1. The van der Waals surface area contributed by atoms with E-state index in [2.05, 4.69) is 23.9 Å². The van der Waals surface area contributed by atoms with Crippen LogP contribution in [-0.4, -0.2) is 35.2 Å². The Bertz CT molecular complexity index is 737. The number of carbonyl (C=O) groups is 4. The summed E-state index contributed by atoms with van der Waals surface area (Å²) < 4.78 is 5.36. The number of amides is 4. The van der Waals surface area contributed by atoms with Crippen LogP contribution in [0.5, 0.6) is 5.75 Å². The number of hydrogen-bond acceptors (Lipinski definition) is 5. The Balaban J connectivity index is 1.96. The molecule has 0 fully saturated rings. The summed E-state index contributed by atoms with van der Waals surface area (Å²) in [5, 5.41) is 3.24. The summed E-state index contributed by atoms with van der Waals surface area (Å²) in [6, 6.07) is 5.03. The number of hydrogen-bond donors (Lipinski definition) is 2. The molecule has 0 atom stereocenters. The molecule has 1 aliphatic rings. The molecule has 0 aliphatic carbocycles. The first-order valence-corrected chi connectivity index (χ1v) is 7.42. The normalized spacial score (nSPS) is 12.2. The van der Waals surface area contributed by atoms with Gasteiger partial charge in [0, 0.05) is 12.1 Å². The van der Waals surface area contributed by atoms with Crippen LogP contribution in [0.3, 0.4) is 0 Å². The Morgan fingerprint density at radius 3 is 2.52 bits per heavy atom. The summed E-state index contributed by atoms with van der Waals surface area (Å²) in [5.74, 6) is -1.89. The fourth-order valence-corrected chi connectivity index (χ4v) is 2.16. The lowest BCUT2D eigenvalue weighted by Gasteiger charge is -2.19. The van der Waals surface area contributed by atoms with E-state index in [4.69, 9.17) is 4.74 Å². The number of ether oxygens (including phenoxy) is 1. The molecular weight excluding hydrogens is 326 g/mol. The van der Waals surface area contributed by atoms with Crippen LogP contribution in [-0.2, 0) is 25.6 Å². The summed E-state index contributed by atoms with van der Waals surface area (Å²) in [7, 11) is 0. The van der Waals surface area contributed by atoms with Gasteiger partial charge in [-0.1, -0.05) is 13.2 Å². The maximum absolute atomic E-state index is 11.9. The molecule has 0 spiro atoms. The van der Waals surface area contributed by atoms with Crippen molar-refractivity contribution in [2.24, 2.45) is 0 Å². The molecule has 1 aliphatic heterocycles. The number of anilines is 1. The van der Waals surface area contributed by atoms with E-state index in [0.29, 0.717) is 29.3 Å². The van der Waals surface area contributed by atoms with Gasteiger partial charge >= 0.3 is 0 Å². The predicted octanol–water partition coefficient (Wildman–Crippen LogP) is 0.708. The van der Waals surface area contributed by atoms with Gasteiger partial charge in [-0.25, -0.2) is 0 Å². The highest BCUT2D eigenvalue weighted by atomic mass is 16.5. The lowest BCUT2D eigenvalue weighted by Crippen LogP contribution is -2.50. The first-order valence-electron chi connectivity index (χ1n) is 7.42. The summed E-state index contributed by atoms with van der Waals surface area (Å²) in [5.41, 5.74) is 3.75. The van der Waals surface area contributed by atoms with Crippen LogP contribution in [0.25, 0.3) is 0 Å². The molecule has 0 unspecified atom stereocenters. The van der Waals surface area contributed by atoms with Gasteiger partial charge in [0.15, 0.2) is 6.61 Å². The fraction of sp³-hybridized carbons (Fsp3) is 0.176. The third kappa shape index (κ3) is 4.54. The first kappa shape index (κ1) is 17.9. The molecule has 1 aromatic rings. The molecule has 0 radical (unpaired) electrons. The monoisotopic (exact) mass is 343 g/mol. The van der Waals surface area contributed by atoms with Gasteiger partial charge in [-0.05, 0) is 42.3 Å². The fourth-order valence-electron chi connectivity index (χ4n) is 2.16. The molecule has 0 saturated carbocycles. The van der Waals surface area contributed by atoms with E-state index < -0.39 is 24.3 Å². The average Bonchev–Trinajstić information content (AvgIpc) is 2.63. The number of carbonyl (C=O) groups excluding carboxylic acids is 4. The van der Waals surface area contributed by atoms with Crippen LogP contribution in [0.2, 0.25) is 0 Å². The minimum Gasteiger partial charge on any atom is -0.484 e. The lowest BCUT2D eigenvalue weighted by atomic mass is 10.0. The topological polar surface area (TPSA) is 105 Å². The second-order valence-electron chi connectivity index (χ2n) is 5.11. The average molecular weight is 343 g/mol. The van der Waals surface area contributed by atoms with Gasteiger partial charge in [0.1, 0.15) is 5.75 Å². The quantitative estimate of drug-likeness (QED) is 0.605. The van der Waals surface area contributed by atoms with Gasteiger partial charge in [0.2, 0.25) is 5.91 Å². The van der Waals surface area contributed by atoms with Crippen molar-refractivity contribution in [2.75, 3.05) is 11.9 Å². The van der Waals surface area contributed by atoms with E-state index in [1.807, 2.05) is 0 Å². The third-order valence-electron chi connectivity index (χ3n) is 3.37. The summed E-state index contributed by atoms with van der Waals surface area (Å²) >= 11 is 0. The zero-order valence-corrected chi connectivity index (χ0v) is 13.4. The Morgan fingerprint density at radius 2 is 1.88 bits per heavy atom. The molecule has 1 aromatic carbocycles. The Kier molecular flexibility index (Phi) is 5.67. The van der Waals surface area contributed by atoms with Crippen molar-refractivity contribution < 1.29 is 23.9 Å². The molecule has 130 valence electrons. The number of aryl methyl sites for hydroxylation is 1. The standard InChI is InChI=1S/C17H17N3O5/c1-3-16(23)20(17(24)4-2)19-15(22)10-25-12-6-7-13-11(9-12)5-8-14(21)18-13/h3-4,6-7,9H,1-2,5,8,10H2,(H,18,21)(H,19,22). The molecule has 0 saturated heterocycles. The van der Waals surface area contributed by atoms with Crippen LogP contribution in [0.15, 0.2) is 43.5 Å². The van der Waals surface area contributed by atoms with E-state index in [1.165, 1.54) is 0 Å². The Hall–Kier alpha value is -3.42. The lowest BCUT2D eigenvalue weighted by molar-refractivity contribution is -0.148. The maximum atomic E-state index is 11.9. The second kappa shape index (κ2) is 7.91. The molecule has 8 heteroatoms. The molecule has 4 amide bonds. The molecule has 2 rings (SSSR count). The molecule has 2 N–H and O–H groups in total. The highest BCUT2D eigenvalue weighted by molar-refractivity contribution is 6.05. The number of nitrogens with zero attached hydrogens (tertiary/aromatic N) is 1. The van der Waals surface area contributed by atoms with Gasteiger partial charge in [-0.3, -0.25) is 24.6 Å². The van der Waals surface area contributed by atoms with Crippen molar-refractivity contribution in [1.82, 2.24) is 10.4 Å². The van der Waals surface area contributed by atoms with E-state index in [0.717, 1.165) is 17.7 Å². The minimum absolute atomic E-state index is 0.0422. The van der Waals surface area contributed by atoms with Crippen molar-refractivity contribution in [3.63, 3.8) is 0 Å². The molecule has 8 nitrogen and oxygen atoms in total. The van der Waals surface area contributed by atoms with Crippen molar-refractivity contribution in [3.05, 3.63) is 49.1 Å². The summed E-state index contributed by atoms with van der Waals surface area (Å²) in [4.78, 5) is 46.3. The summed E-state index contributed by atoms with van der Waals surface area (Å²) in [6.45, 7) is 6.10. The zero-order valence-electron chi connectivity index (χ0n) is 13.4. The molecular formula is C17H17N3O5. The minimum atomic E-state index is -0.789. The highest BCUT2D eigenvalue weighted by Crippen LogP contribution is 2.26. The van der Waals surface area contributed by atoms with Crippen molar-refractivity contribution in [2.45, 2.75) is 12.8 Å². The molecule has 25 heavy (non-hydrogen) atoms. The molecule has 0 aromatic heterocycles. The highest BCUT2D eigenvalue weighted by Gasteiger charge is 2.20. The smallest absolute Gasteiger partial charge is 0.276 e. The van der Waals surface area contributed by atoms with Gasteiger partial charge < -0.3 is 10.1 Å². The zero-order chi connectivity index (χ0) is 18.4. The number of imide groups is 1. The first-order chi connectivity index (χ1) is 11.9. The van der Waals surface area contributed by atoms with E-state index in [1.54, 1.807) is 18.2 Å². The van der Waals surface area contributed by atoms with Crippen LogP contribution in [0.4, 0.5) is 5.69 Å². The van der Waals surface area contributed by atoms with Gasteiger partial charge in [-0.2, -0.15) is 5.01 Å². The van der Waals surface area contributed by atoms with Crippen LogP contribution >= 0.6 is 0 Å². The van der Waals surface area contributed by atoms with Crippen LogP contribution < -0.4 is 15.5 Å². The number of nitrogens with one attached hydrogen (secondary N) is 2. The SMILES string of the molecule is C=CC(=O)N(NC(=O)COc1ccc2c(c1)CCC(=O)N2)C(=O)C=C. The van der Waals surface area contributed by atoms with E-state index in [-0.39, 0.29) is 5.91 Å². The third-order valence-corrected chi connectivity index (χ3v) is 3.37. The molecule has 1 heterocycles. The predicted molar refractivity (Wildman–Crippen MR) is 89.3 cm³/mol. The second-order valence-corrected chi connectivity index (χ2v) is 5.11. The van der Waals surface area contributed by atoms with Crippen molar-refractivity contribution >= 4 is 29.3 Å². The number of hydrazine groups is 1. The largest absolute Gasteiger partial charge is 0.484 e. The van der Waals surface area contributed by atoms with Crippen LogP contribution in [0.1, 0.15) is 12.0 Å². The summed E-state index contributed by atoms with van der Waals surface area (Å²) in [6.07, 6.45) is 2.75.